The first-order chi connectivity index (χ1) is 9.83. The van der Waals surface area contributed by atoms with Crippen molar-refractivity contribution in [3.63, 3.8) is 0 Å². The number of nitrogens with zero attached hydrogens (tertiary/aromatic N) is 1. The van der Waals surface area contributed by atoms with Crippen molar-refractivity contribution in [2.75, 3.05) is 39.4 Å². The summed E-state index contributed by atoms with van der Waals surface area (Å²) in [4.78, 5) is 14.4. The Morgan fingerprint density at radius 3 is 2.90 bits per heavy atom. The summed E-state index contributed by atoms with van der Waals surface area (Å²) >= 11 is 0. The smallest absolute Gasteiger partial charge is 0.261 e. The number of amides is 1. The second-order valence-corrected chi connectivity index (χ2v) is 5.16. The average molecular weight is 276 g/mol. The lowest BCUT2D eigenvalue weighted by Gasteiger charge is -2.26. The molecule has 108 valence electrons. The van der Waals surface area contributed by atoms with Crippen LogP contribution in [-0.2, 0) is 16.0 Å². The molecule has 1 N–H and O–H groups in total. The predicted molar refractivity (Wildman–Crippen MR) is 74.8 cm³/mol. The third-order valence-electron chi connectivity index (χ3n) is 3.77. The van der Waals surface area contributed by atoms with Crippen molar-refractivity contribution in [1.29, 1.82) is 0 Å². The van der Waals surface area contributed by atoms with Crippen molar-refractivity contribution in [1.82, 2.24) is 10.2 Å². The summed E-state index contributed by atoms with van der Waals surface area (Å²) in [5.74, 6) is 0.815. The van der Waals surface area contributed by atoms with Crippen LogP contribution in [0.15, 0.2) is 24.3 Å². The molecule has 0 spiro atoms. The summed E-state index contributed by atoms with van der Waals surface area (Å²) in [5, 5.41) is 2.96. The number of para-hydroxylation sites is 1. The normalized spacial score (nSPS) is 22.1. The predicted octanol–water partition coefficient (Wildman–Crippen LogP) is 0.439. The lowest BCUT2D eigenvalue weighted by Crippen LogP contribution is -2.44. The number of benzene rings is 1. The molecule has 2 heterocycles. The zero-order chi connectivity index (χ0) is 13.8. The van der Waals surface area contributed by atoms with Gasteiger partial charge in [-0.15, -0.1) is 0 Å². The van der Waals surface area contributed by atoms with Gasteiger partial charge >= 0.3 is 0 Å². The van der Waals surface area contributed by atoms with Gasteiger partial charge in [0.2, 0.25) is 0 Å². The van der Waals surface area contributed by atoms with Crippen LogP contribution in [0.1, 0.15) is 5.56 Å². The van der Waals surface area contributed by atoms with Gasteiger partial charge in [0.15, 0.2) is 6.10 Å². The molecule has 1 fully saturated rings. The third kappa shape index (κ3) is 3.11. The fourth-order valence-electron chi connectivity index (χ4n) is 2.60. The van der Waals surface area contributed by atoms with Crippen LogP contribution in [0.3, 0.4) is 0 Å². The lowest BCUT2D eigenvalue weighted by molar-refractivity contribution is -0.127. The van der Waals surface area contributed by atoms with Crippen LogP contribution < -0.4 is 10.1 Å². The maximum Gasteiger partial charge on any atom is 0.261 e. The van der Waals surface area contributed by atoms with Crippen molar-refractivity contribution in [3.8, 4) is 5.75 Å². The van der Waals surface area contributed by atoms with Gasteiger partial charge < -0.3 is 14.8 Å². The Labute approximate surface area is 118 Å². The van der Waals surface area contributed by atoms with Crippen molar-refractivity contribution < 1.29 is 14.3 Å². The fourth-order valence-corrected chi connectivity index (χ4v) is 2.60. The summed E-state index contributed by atoms with van der Waals surface area (Å²) in [6, 6.07) is 7.82. The highest BCUT2D eigenvalue weighted by Gasteiger charge is 2.28. The highest BCUT2D eigenvalue weighted by Crippen LogP contribution is 2.27. The number of morpholine rings is 1. The van der Waals surface area contributed by atoms with Crippen molar-refractivity contribution in [3.05, 3.63) is 29.8 Å². The number of carbonyl (C=O) groups is 1. The Morgan fingerprint density at radius 1 is 1.30 bits per heavy atom. The van der Waals surface area contributed by atoms with Gasteiger partial charge in [-0.05, 0) is 11.6 Å². The third-order valence-corrected chi connectivity index (χ3v) is 3.77. The number of nitrogens with one attached hydrogen (secondary N) is 1. The van der Waals surface area contributed by atoms with Crippen LogP contribution in [0.25, 0.3) is 0 Å². The second kappa shape index (κ2) is 6.24. The van der Waals surface area contributed by atoms with Gasteiger partial charge in [0, 0.05) is 32.6 Å². The number of fused-ring (bicyclic) bond motifs is 1. The van der Waals surface area contributed by atoms with Crippen LogP contribution >= 0.6 is 0 Å². The molecule has 1 unspecified atom stereocenters. The Balaban J connectivity index is 1.42. The molecule has 1 saturated heterocycles. The minimum atomic E-state index is -0.378. The SMILES string of the molecule is O=C(NCCN1CCOCC1)C1Cc2ccccc2O1. The highest BCUT2D eigenvalue weighted by atomic mass is 16.5. The maximum absolute atomic E-state index is 12.1. The van der Waals surface area contributed by atoms with Crippen LogP contribution in [-0.4, -0.2) is 56.3 Å². The molecule has 20 heavy (non-hydrogen) atoms. The zero-order valence-electron chi connectivity index (χ0n) is 11.5. The minimum absolute atomic E-state index is 0.0190. The molecule has 5 nitrogen and oxygen atoms in total. The molecule has 2 aliphatic rings. The molecule has 3 rings (SSSR count). The van der Waals surface area contributed by atoms with Crippen LogP contribution in [0, 0.1) is 0 Å². The van der Waals surface area contributed by atoms with E-state index in [0.717, 1.165) is 44.2 Å². The summed E-state index contributed by atoms with van der Waals surface area (Å²) in [6.07, 6.45) is 0.289. The molecule has 2 aliphatic heterocycles. The first-order valence-corrected chi connectivity index (χ1v) is 7.15. The van der Waals surface area contributed by atoms with Crippen molar-refractivity contribution in [2.45, 2.75) is 12.5 Å². The van der Waals surface area contributed by atoms with E-state index in [2.05, 4.69) is 10.2 Å². The van der Waals surface area contributed by atoms with Gasteiger partial charge in [-0.2, -0.15) is 0 Å². The molecule has 0 bridgehead atoms. The number of carbonyl (C=O) groups excluding carboxylic acids is 1. The van der Waals surface area contributed by atoms with Gasteiger partial charge in [-0.1, -0.05) is 18.2 Å². The van der Waals surface area contributed by atoms with E-state index in [4.69, 9.17) is 9.47 Å². The summed E-state index contributed by atoms with van der Waals surface area (Å²) in [7, 11) is 0. The van der Waals surface area contributed by atoms with E-state index < -0.39 is 0 Å². The number of ether oxygens (including phenoxy) is 2. The quantitative estimate of drug-likeness (QED) is 0.867. The molecular formula is C15H20N2O3. The summed E-state index contributed by atoms with van der Waals surface area (Å²) < 4.78 is 11.0. The molecule has 1 amide bonds. The Bertz CT molecular complexity index is 447. The van der Waals surface area contributed by atoms with E-state index in [1.807, 2.05) is 24.3 Å². The Morgan fingerprint density at radius 2 is 2.10 bits per heavy atom. The Hall–Kier alpha value is -1.59. The van der Waals surface area contributed by atoms with Crippen LogP contribution in [0.5, 0.6) is 5.75 Å². The molecule has 0 aliphatic carbocycles. The number of hydrogen-bond donors (Lipinski definition) is 1. The number of rotatable bonds is 4. The van der Waals surface area contributed by atoms with E-state index in [9.17, 15) is 4.79 Å². The van der Waals surface area contributed by atoms with Crippen LogP contribution in [0.4, 0.5) is 0 Å². The zero-order valence-corrected chi connectivity index (χ0v) is 11.5. The van der Waals surface area contributed by atoms with Crippen molar-refractivity contribution in [2.24, 2.45) is 0 Å². The van der Waals surface area contributed by atoms with Gasteiger partial charge in [0.05, 0.1) is 13.2 Å². The Kier molecular flexibility index (Phi) is 4.18. The monoisotopic (exact) mass is 276 g/mol. The summed E-state index contributed by atoms with van der Waals surface area (Å²) in [5.41, 5.74) is 1.11. The molecule has 5 heteroatoms. The van der Waals surface area contributed by atoms with E-state index in [-0.39, 0.29) is 12.0 Å². The maximum atomic E-state index is 12.1. The lowest BCUT2D eigenvalue weighted by atomic mass is 10.1. The van der Waals surface area contributed by atoms with Crippen LogP contribution in [0.2, 0.25) is 0 Å². The molecule has 1 atom stereocenters. The topological polar surface area (TPSA) is 50.8 Å². The largest absolute Gasteiger partial charge is 0.480 e. The fraction of sp³-hybridized carbons (Fsp3) is 0.533. The number of hydrogen-bond acceptors (Lipinski definition) is 4. The van der Waals surface area contributed by atoms with Crippen molar-refractivity contribution >= 4 is 5.91 Å². The van der Waals surface area contributed by atoms with E-state index >= 15 is 0 Å². The van der Waals surface area contributed by atoms with Gasteiger partial charge in [0.1, 0.15) is 5.75 Å². The highest BCUT2D eigenvalue weighted by molar-refractivity contribution is 5.82. The second-order valence-electron chi connectivity index (χ2n) is 5.16. The van der Waals surface area contributed by atoms with Gasteiger partial charge in [-0.25, -0.2) is 0 Å². The molecule has 1 aromatic rings. The molecule has 0 saturated carbocycles. The van der Waals surface area contributed by atoms with Gasteiger partial charge in [-0.3, -0.25) is 9.69 Å². The first-order valence-electron chi connectivity index (χ1n) is 7.15. The van der Waals surface area contributed by atoms with Gasteiger partial charge in [0.25, 0.3) is 5.91 Å². The minimum Gasteiger partial charge on any atom is -0.480 e. The average Bonchev–Trinajstić information content (AvgIpc) is 2.92. The molecule has 0 radical (unpaired) electrons. The molecule has 0 aromatic heterocycles. The van der Waals surface area contributed by atoms with E-state index in [0.29, 0.717) is 13.0 Å². The van der Waals surface area contributed by atoms with E-state index in [1.165, 1.54) is 0 Å². The molecule has 1 aromatic carbocycles. The standard InChI is InChI=1S/C15H20N2O3/c18-15(16-5-6-17-7-9-19-10-8-17)14-11-12-3-1-2-4-13(12)20-14/h1-4,14H,5-11H2,(H,16,18). The van der Waals surface area contributed by atoms with E-state index in [1.54, 1.807) is 0 Å². The summed E-state index contributed by atoms with van der Waals surface area (Å²) in [6.45, 7) is 5.00. The molecular weight excluding hydrogens is 256 g/mol. The first kappa shape index (κ1) is 13.4.